The minimum Gasteiger partial charge on any atom is -0.505 e. The van der Waals surface area contributed by atoms with Crippen molar-refractivity contribution < 1.29 is 5.11 Å². The first-order valence-corrected chi connectivity index (χ1v) is 6.12. The van der Waals surface area contributed by atoms with Crippen LogP contribution in [0.15, 0.2) is 30.5 Å². The minimum absolute atomic E-state index is 0. The smallest absolute Gasteiger partial charge is 0.146 e. The summed E-state index contributed by atoms with van der Waals surface area (Å²) in [6, 6.07) is 7.91. The second kappa shape index (κ2) is 5.55. The van der Waals surface area contributed by atoms with E-state index in [4.69, 9.17) is 0 Å². The fraction of sp³-hybridized carbons (Fsp3) is 0.357. The van der Waals surface area contributed by atoms with E-state index in [-0.39, 0.29) is 12.4 Å². The predicted molar refractivity (Wildman–Crippen MR) is 75.2 cm³/mol. The van der Waals surface area contributed by atoms with Crippen LogP contribution in [0.25, 0.3) is 10.9 Å². The fourth-order valence-electron chi connectivity index (χ4n) is 2.48. The third-order valence-corrected chi connectivity index (χ3v) is 3.42. The largest absolute Gasteiger partial charge is 0.505 e. The second-order valence-electron chi connectivity index (χ2n) is 4.63. The van der Waals surface area contributed by atoms with Gasteiger partial charge in [-0.1, -0.05) is 18.2 Å². The van der Waals surface area contributed by atoms with Crippen LogP contribution in [-0.4, -0.2) is 28.1 Å². The molecule has 3 nitrogen and oxygen atoms in total. The molecule has 0 aliphatic carbocycles. The summed E-state index contributed by atoms with van der Waals surface area (Å²) in [5.41, 5.74) is 1.70. The van der Waals surface area contributed by atoms with Gasteiger partial charge in [0.25, 0.3) is 0 Å². The number of phenolic OH excluding ortho intramolecular Hbond substituents is 1. The summed E-state index contributed by atoms with van der Waals surface area (Å²) in [5, 5.41) is 11.2. The van der Waals surface area contributed by atoms with Gasteiger partial charge in [0.2, 0.25) is 0 Å². The van der Waals surface area contributed by atoms with Crippen LogP contribution in [0.3, 0.4) is 0 Å². The Kier molecular flexibility index (Phi) is 4.04. The number of halogens is 1. The number of hydrogen-bond acceptors (Lipinski definition) is 3. The molecule has 2 heterocycles. The maximum atomic E-state index is 10.2. The van der Waals surface area contributed by atoms with Gasteiger partial charge in [-0.15, -0.1) is 12.4 Å². The van der Waals surface area contributed by atoms with Crippen LogP contribution < -0.4 is 0 Å². The van der Waals surface area contributed by atoms with Gasteiger partial charge in [0.1, 0.15) is 11.3 Å². The van der Waals surface area contributed by atoms with E-state index >= 15 is 0 Å². The lowest BCUT2D eigenvalue weighted by Gasteiger charge is -2.16. The van der Waals surface area contributed by atoms with E-state index in [1.165, 1.54) is 12.8 Å². The van der Waals surface area contributed by atoms with Crippen molar-refractivity contribution >= 4 is 23.3 Å². The fourth-order valence-corrected chi connectivity index (χ4v) is 2.48. The van der Waals surface area contributed by atoms with Gasteiger partial charge in [-0.05, 0) is 32.0 Å². The van der Waals surface area contributed by atoms with E-state index in [1.54, 1.807) is 6.20 Å². The average Bonchev–Trinajstić information content (AvgIpc) is 2.86. The van der Waals surface area contributed by atoms with Crippen LogP contribution in [-0.2, 0) is 6.54 Å². The third kappa shape index (κ3) is 2.42. The molecule has 0 atom stereocenters. The van der Waals surface area contributed by atoms with Gasteiger partial charge in [0.15, 0.2) is 0 Å². The summed E-state index contributed by atoms with van der Waals surface area (Å²) < 4.78 is 0. The molecule has 0 amide bonds. The van der Waals surface area contributed by atoms with E-state index in [2.05, 4.69) is 9.88 Å². The number of phenols is 1. The van der Waals surface area contributed by atoms with E-state index in [1.807, 2.05) is 24.3 Å². The normalized spacial score (nSPS) is 15.8. The second-order valence-corrected chi connectivity index (χ2v) is 4.63. The Hall–Kier alpha value is -1.32. The molecule has 96 valence electrons. The quantitative estimate of drug-likeness (QED) is 0.906. The molecule has 0 unspecified atom stereocenters. The Morgan fingerprint density at radius 3 is 2.72 bits per heavy atom. The highest BCUT2D eigenvalue weighted by Gasteiger charge is 2.15. The van der Waals surface area contributed by atoms with Crippen LogP contribution in [0, 0.1) is 0 Å². The Balaban J connectivity index is 0.00000120. The lowest BCUT2D eigenvalue weighted by Crippen LogP contribution is -2.18. The number of pyridine rings is 1. The number of aromatic hydroxyl groups is 1. The van der Waals surface area contributed by atoms with Crippen molar-refractivity contribution in [2.45, 2.75) is 19.4 Å². The average molecular weight is 265 g/mol. The Morgan fingerprint density at radius 1 is 1.17 bits per heavy atom. The van der Waals surface area contributed by atoms with Gasteiger partial charge in [-0.3, -0.25) is 9.88 Å². The maximum absolute atomic E-state index is 10.2. The van der Waals surface area contributed by atoms with Crippen molar-refractivity contribution in [2.75, 3.05) is 13.1 Å². The first kappa shape index (κ1) is 13.1. The Labute approximate surface area is 113 Å². The number of rotatable bonds is 2. The molecule has 1 fully saturated rings. The molecule has 1 aliphatic rings. The summed E-state index contributed by atoms with van der Waals surface area (Å²) in [6.45, 7) is 3.11. The lowest BCUT2D eigenvalue weighted by molar-refractivity contribution is 0.324. The van der Waals surface area contributed by atoms with E-state index in [0.717, 1.165) is 30.6 Å². The Bertz CT molecular complexity index is 538. The van der Waals surface area contributed by atoms with E-state index < -0.39 is 0 Å². The number of hydrogen-bond donors (Lipinski definition) is 1. The van der Waals surface area contributed by atoms with Crippen LogP contribution in [0.5, 0.6) is 5.75 Å². The molecule has 4 heteroatoms. The first-order chi connectivity index (χ1) is 8.34. The van der Waals surface area contributed by atoms with Crippen LogP contribution in [0.4, 0.5) is 0 Å². The molecule has 0 spiro atoms. The van der Waals surface area contributed by atoms with Crippen LogP contribution >= 0.6 is 12.4 Å². The summed E-state index contributed by atoms with van der Waals surface area (Å²) in [4.78, 5) is 6.63. The van der Waals surface area contributed by atoms with Gasteiger partial charge in [0, 0.05) is 23.7 Å². The topological polar surface area (TPSA) is 36.4 Å². The zero-order valence-electron chi connectivity index (χ0n) is 10.2. The highest BCUT2D eigenvalue weighted by molar-refractivity contribution is 5.85. The monoisotopic (exact) mass is 264 g/mol. The number of nitrogens with zero attached hydrogens (tertiary/aromatic N) is 2. The molecule has 0 saturated carbocycles. The molecule has 3 rings (SSSR count). The standard InChI is InChI=1S/C14H16N2O.ClH/c17-14-12(10-16-8-1-2-9-16)6-5-11-4-3-7-15-13(11)14;/h3-7,17H,1-2,8-10H2;1H. The molecule has 0 radical (unpaired) electrons. The Morgan fingerprint density at radius 2 is 1.94 bits per heavy atom. The molecule has 1 saturated heterocycles. The SMILES string of the molecule is Cl.Oc1c(CN2CCCC2)ccc2cccnc12. The first-order valence-electron chi connectivity index (χ1n) is 6.12. The van der Waals surface area contributed by atoms with Crippen molar-refractivity contribution in [3.8, 4) is 5.75 Å². The van der Waals surface area contributed by atoms with Crippen LogP contribution in [0.1, 0.15) is 18.4 Å². The van der Waals surface area contributed by atoms with E-state index in [9.17, 15) is 5.11 Å². The molecule has 1 aromatic carbocycles. The maximum Gasteiger partial charge on any atom is 0.146 e. The lowest BCUT2D eigenvalue weighted by atomic mass is 10.1. The highest BCUT2D eigenvalue weighted by Crippen LogP contribution is 2.28. The van der Waals surface area contributed by atoms with Gasteiger partial charge < -0.3 is 5.11 Å². The van der Waals surface area contributed by atoms with Crippen molar-refractivity contribution in [2.24, 2.45) is 0 Å². The van der Waals surface area contributed by atoms with Crippen molar-refractivity contribution in [3.05, 3.63) is 36.0 Å². The molecule has 1 aromatic heterocycles. The number of aromatic nitrogens is 1. The highest BCUT2D eigenvalue weighted by atomic mass is 35.5. The van der Waals surface area contributed by atoms with Crippen molar-refractivity contribution in [1.29, 1.82) is 0 Å². The minimum atomic E-state index is 0. The zero-order valence-corrected chi connectivity index (χ0v) is 11.0. The van der Waals surface area contributed by atoms with Crippen molar-refractivity contribution in [1.82, 2.24) is 9.88 Å². The molecular weight excluding hydrogens is 248 g/mol. The van der Waals surface area contributed by atoms with Gasteiger partial charge >= 0.3 is 0 Å². The van der Waals surface area contributed by atoms with Crippen molar-refractivity contribution in [3.63, 3.8) is 0 Å². The summed E-state index contributed by atoms with van der Waals surface area (Å²) in [6.07, 6.45) is 4.26. The van der Waals surface area contributed by atoms with Gasteiger partial charge in [-0.25, -0.2) is 0 Å². The molecule has 0 bridgehead atoms. The van der Waals surface area contributed by atoms with E-state index in [0.29, 0.717) is 11.3 Å². The molecular formula is C14H17ClN2O. The third-order valence-electron chi connectivity index (χ3n) is 3.42. The summed E-state index contributed by atoms with van der Waals surface area (Å²) in [7, 11) is 0. The van der Waals surface area contributed by atoms with Gasteiger partial charge in [-0.2, -0.15) is 0 Å². The zero-order chi connectivity index (χ0) is 11.7. The number of fused-ring (bicyclic) bond motifs is 1. The summed E-state index contributed by atoms with van der Waals surface area (Å²) >= 11 is 0. The predicted octanol–water partition coefficient (Wildman–Crippen LogP) is 2.96. The number of benzene rings is 1. The van der Waals surface area contributed by atoms with Crippen LogP contribution in [0.2, 0.25) is 0 Å². The molecule has 18 heavy (non-hydrogen) atoms. The summed E-state index contributed by atoms with van der Waals surface area (Å²) in [5.74, 6) is 0.343. The van der Waals surface area contributed by atoms with Gasteiger partial charge in [0.05, 0.1) is 0 Å². The number of likely N-dealkylation sites (tertiary alicyclic amines) is 1. The molecule has 1 N–H and O–H groups in total. The molecule has 1 aliphatic heterocycles. The molecule has 2 aromatic rings.